The van der Waals surface area contributed by atoms with Gasteiger partial charge in [-0.1, -0.05) is 18.2 Å². The van der Waals surface area contributed by atoms with E-state index in [0.29, 0.717) is 22.7 Å². The van der Waals surface area contributed by atoms with Crippen molar-refractivity contribution >= 4 is 17.6 Å². The fourth-order valence-corrected chi connectivity index (χ4v) is 4.08. The molecule has 0 saturated heterocycles. The number of carboxylic acids is 1. The molecule has 1 saturated carbocycles. The quantitative estimate of drug-likeness (QED) is 0.598. The Bertz CT molecular complexity index is 1270. The summed E-state index contributed by atoms with van der Waals surface area (Å²) in [6.45, 7) is 2.05. The Kier molecular flexibility index (Phi) is 4.62. The largest absolute Gasteiger partial charge is 0.478 e. The Balaban J connectivity index is 1.43. The second-order valence-electron chi connectivity index (χ2n) is 8.13. The van der Waals surface area contributed by atoms with Crippen molar-refractivity contribution in [3.05, 3.63) is 77.1 Å². The van der Waals surface area contributed by atoms with Gasteiger partial charge < -0.3 is 19.9 Å². The number of nitrogens with one attached hydrogen (secondary N) is 1. The zero-order valence-electron chi connectivity index (χ0n) is 17.3. The molecule has 1 heterocycles. The minimum absolute atomic E-state index is 0.114. The molecule has 1 amide bonds. The van der Waals surface area contributed by atoms with E-state index in [4.69, 9.17) is 9.47 Å². The van der Waals surface area contributed by atoms with Gasteiger partial charge in [0.2, 0.25) is 12.7 Å². The average molecular weight is 433 g/mol. The maximum atomic E-state index is 13.8. The fraction of sp³-hybridized carbons (Fsp3) is 0.200. The Morgan fingerprint density at radius 1 is 1.00 bits per heavy atom. The van der Waals surface area contributed by atoms with Gasteiger partial charge in [-0.05, 0) is 78.4 Å². The van der Waals surface area contributed by atoms with Crippen molar-refractivity contribution in [2.45, 2.75) is 25.2 Å². The number of fused-ring (bicyclic) bond motifs is 1. The maximum absolute atomic E-state index is 13.8. The third kappa shape index (κ3) is 3.36. The van der Waals surface area contributed by atoms with E-state index in [2.05, 4.69) is 5.32 Å². The number of halogens is 1. The summed E-state index contributed by atoms with van der Waals surface area (Å²) in [6.07, 6.45) is 1.47. The van der Waals surface area contributed by atoms with E-state index in [-0.39, 0.29) is 12.7 Å². The van der Waals surface area contributed by atoms with Gasteiger partial charge in [0.05, 0.1) is 11.0 Å². The van der Waals surface area contributed by atoms with E-state index in [9.17, 15) is 19.1 Å². The van der Waals surface area contributed by atoms with Crippen molar-refractivity contribution in [1.29, 1.82) is 0 Å². The summed E-state index contributed by atoms with van der Waals surface area (Å²) < 4.78 is 24.6. The normalized spacial score (nSPS) is 15.3. The second kappa shape index (κ2) is 7.37. The standard InChI is InChI=1S/C25H20FNO5/c1-14-2-5-17(12-18(14)15-3-6-20(26)19(10-15)23(28)29)27-24(30)25(8-9-25)16-4-7-21-22(11-16)32-13-31-21/h2-7,10-12H,8-9,13H2,1H3,(H,27,30)(H,28,29). The molecule has 0 atom stereocenters. The highest BCUT2D eigenvalue weighted by Crippen LogP contribution is 2.51. The van der Waals surface area contributed by atoms with Gasteiger partial charge in [0.25, 0.3) is 0 Å². The van der Waals surface area contributed by atoms with E-state index in [1.54, 1.807) is 12.1 Å². The molecule has 1 aliphatic heterocycles. The third-order valence-corrected chi connectivity index (χ3v) is 6.11. The summed E-state index contributed by atoms with van der Waals surface area (Å²) in [4.78, 5) is 24.5. The molecule has 3 aromatic rings. The van der Waals surface area contributed by atoms with E-state index in [0.717, 1.165) is 35.6 Å². The minimum atomic E-state index is -1.33. The SMILES string of the molecule is Cc1ccc(NC(=O)C2(c3ccc4c(c3)OCO4)CC2)cc1-c1ccc(F)c(C(=O)O)c1. The molecule has 1 fully saturated rings. The lowest BCUT2D eigenvalue weighted by molar-refractivity contribution is -0.118. The van der Waals surface area contributed by atoms with Gasteiger partial charge in [-0.25, -0.2) is 9.18 Å². The number of aryl methyl sites for hydroxylation is 1. The van der Waals surface area contributed by atoms with Crippen LogP contribution in [0.25, 0.3) is 11.1 Å². The van der Waals surface area contributed by atoms with Crippen LogP contribution in [0.4, 0.5) is 10.1 Å². The van der Waals surface area contributed by atoms with Crippen LogP contribution in [0.5, 0.6) is 11.5 Å². The first-order chi connectivity index (χ1) is 15.4. The molecular weight excluding hydrogens is 413 g/mol. The Labute approximate surface area is 183 Å². The molecule has 7 heteroatoms. The van der Waals surface area contributed by atoms with Gasteiger partial charge in [-0.2, -0.15) is 0 Å². The number of ether oxygens (including phenoxy) is 2. The van der Waals surface area contributed by atoms with Crippen LogP contribution in [0.1, 0.15) is 34.3 Å². The van der Waals surface area contributed by atoms with Crippen LogP contribution in [0.15, 0.2) is 54.6 Å². The Morgan fingerprint density at radius 2 is 1.78 bits per heavy atom. The van der Waals surface area contributed by atoms with Crippen molar-refractivity contribution in [2.24, 2.45) is 0 Å². The number of carbonyl (C=O) groups is 2. The number of carboxylic acid groups (broad SMARTS) is 1. The van der Waals surface area contributed by atoms with E-state index < -0.39 is 22.8 Å². The highest BCUT2D eigenvalue weighted by atomic mass is 19.1. The first-order valence-electron chi connectivity index (χ1n) is 10.2. The maximum Gasteiger partial charge on any atom is 0.338 e. The molecular formula is C25H20FNO5. The van der Waals surface area contributed by atoms with Crippen LogP contribution < -0.4 is 14.8 Å². The summed E-state index contributed by atoms with van der Waals surface area (Å²) in [5.74, 6) is -0.914. The third-order valence-electron chi connectivity index (χ3n) is 6.11. The number of carbonyl (C=O) groups excluding carboxylic acids is 1. The number of hydrogen-bond acceptors (Lipinski definition) is 4. The highest BCUT2D eigenvalue weighted by Gasteiger charge is 2.51. The van der Waals surface area contributed by atoms with E-state index >= 15 is 0 Å². The molecule has 6 nitrogen and oxygen atoms in total. The number of rotatable bonds is 5. The zero-order chi connectivity index (χ0) is 22.5. The molecule has 3 aromatic carbocycles. The molecule has 0 aromatic heterocycles. The number of hydrogen-bond donors (Lipinski definition) is 2. The number of aromatic carboxylic acids is 1. The molecule has 2 aliphatic rings. The lowest BCUT2D eigenvalue weighted by Gasteiger charge is -2.17. The molecule has 0 unspecified atom stereocenters. The molecule has 2 N–H and O–H groups in total. The van der Waals surface area contributed by atoms with Crippen molar-refractivity contribution in [3.63, 3.8) is 0 Å². The smallest absolute Gasteiger partial charge is 0.338 e. The van der Waals surface area contributed by atoms with Crippen LogP contribution >= 0.6 is 0 Å². The van der Waals surface area contributed by atoms with Crippen LogP contribution in [0, 0.1) is 12.7 Å². The monoisotopic (exact) mass is 433 g/mol. The van der Waals surface area contributed by atoms with Gasteiger partial charge >= 0.3 is 5.97 Å². The highest BCUT2D eigenvalue weighted by molar-refractivity contribution is 6.02. The van der Waals surface area contributed by atoms with Crippen LogP contribution in [0.3, 0.4) is 0 Å². The summed E-state index contributed by atoms with van der Waals surface area (Å²) in [7, 11) is 0. The van der Waals surface area contributed by atoms with Gasteiger partial charge in [0.1, 0.15) is 5.82 Å². The molecule has 1 aliphatic carbocycles. The topological polar surface area (TPSA) is 84.9 Å². The summed E-state index contributed by atoms with van der Waals surface area (Å²) in [6, 6.07) is 15.0. The van der Waals surface area contributed by atoms with Gasteiger partial charge in [-0.3, -0.25) is 4.79 Å². The molecule has 0 bridgehead atoms. The van der Waals surface area contributed by atoms with Crippen LogP contribution in [0.2, 0.25) is 0 Å². The number of benzene rings is 3. The fourth-order valence-electron chi connectivity index (χ4n) is 4.08. The van der Waals surface area contributed by atoms with Crippen molar-refractivity contribution in [1.82, 2.24) is 0 Å². The Hall–Kier alpha value is -3.87. The second-order valence-corrected chi connectivity index (χ2v) is 8.13. The number of amides is 1. The molecule has 32 heavy (non-hydrogen) atoms. The molecule has 0 radical (unpaired) electrons. The van der Waals surface area contributed by atoms with Gasteiger partial charge in [-0.15, -0.1) is 0 Å². The predicted octanol–water partition coefficient (Wildman–Crippen LogP) is 4.90. The van der Waals surface area contributed by atoms with Crippen LogP contribution in [-0.4, -0.2) is 23.8 Å². The summed E-state index contributed by atoms with van der Waals surface area (Å²) >= 11 is 0. The number of anilines is 1. The summed E-state index contributed by atoms with van der Waals surface area (Å²) in [5.41, 5.74) is 2.63. The van der Waals surface area contributed by atoms with E-state index in [1.165, 1.54) is 12.1 Å². The van der Waals surface area contributed by atoms with E-state index in [1.807, 2.05) is 31.2 Å². The zero-order valence-corrected chi connectivity index (χ0v) is 17.3. The summed E-state index contributed by atoms with van der Waals surface area (Å²) in [5, 5.41) is 12.2. The van der Waals surface area contributed by atoms with Crippen molar-refractivity contribution < 1.29 is 28.6 Å². The van der Waals surface area contributed by atoms with Gasteiger partial charge in [0.15, 0.2) is 11.5 Å². The first kappa shape index (κ1) is 20.1. The first-order valence-corrected chi connectivity index (χ1v) is 10.2. The van der Waals surface area contributed by atoms with Gasteiger partial charge in [0, 0.05) is 5.69 Å². The molecule has 5 rings (SSSR count). The Morgan fingerprint density at radius 3 is 2.53 bits per heavy atom. The molecule has 0 spiro atoms. The van der Waals surface area contributed by atoms with Crippen molar-refractivity contribution in [2.75, 3.05) is 12.1 Å². The lowest BCUT2D eigenvalue weighted by Crippen LogP contribution is -2.27. The minimum Gasteiger partial charge on any atom is -0.478 e. The average Bonchev–Trinajstić information content (AvgIpc) is 3.46. The van der Waals surface area contributed by atoms with Crippen molar-refractivity contribution in [3.8, 4) is 22.6 Å². The molecule has 162 valence electrons. The lowest BCUT2D eigenvalue weighted by atomic mass is 9.94. The predicted molar refractivity (Wildman–Crippen MR) is 116 cm³/mol. The van der Waals surface area contributed by atoms with Crippen LogP contribution in [-0.2, 0) is 10.2 Å².